The van der Waals surface area contributed by atoms with Crippen molar-refractivity contribution in [2.75, 3.05) is 52.4 Å². The van der Waals surface area contributed by atoms with Crippen molar-refractivity contribution in [2.45, 2.75) is 78.6 Å². The van der Waals surface area contributed by atoms with Crippen LogP contribution in [0.15, 0.2) is 109 Å². The molecule has 2 fully saturated rings. The van der Waals surface area contributed by atoms with Gasteiger partial charge in [-0.3, -0.25) is 19.2 Å². The molecule has 22 heteroatoms. The van der Waals surface area contributed by atoms with E-state index in [-0.39, 0.29) is 101 Å². The lowest BCUT2D eigenvalue weighted by Gasteiger charge is -2.33. The van der Waals surface area contributed by atoms with Gasteiger partial charge in [0.25, 0.3) is 19.2 Å². The van der Waals surface area contributed by atoms with Crippen molar-refractivity contribution in [1.29, 1.82) is 0 Å². The second kappa shape index (κ2) is 28.7. The van der Waals surface area contributed by atoms with Crippen LogP contribution in [-0.2, 0) is 78.1 Å². The molecule has 0 spiro atoms. The van der Waals surface area contributed by atoms with Crippen molar-refractivity contribution < 1.29 is 50.3 Å². The van der Waals surface area contributed by atoms with Crippen molar-refractivity contribution in [3.63, 3.8) is 0 Å². The molecule has 4 amide bonds. The normalized spacial score (nSPS) is 13.7. The SMILES string of the molecule is C.C.NC(=O)Cc1ccccc1CCc1nc(Cc2ccc(C(=O)N3CCN([B]C=O)CC3)cc2)ncc1C(F)(F)F.NC(=O)Cc1ccccc1CCc1nc(Cc2ccc(C(=O)N3CCNCC3)cc2)ncc1C(F)(F)F. The van der Waals surface area contributed by atoms with Crippen molar-refractivity contribution in [1.82, 2.24) is 39.9 Å². The summed E-state index contributed by atoms with van der Waals surface area (Å²) in [4.78, 5) is 80.7. The number of carbonyl (C=O) groups excluding carboxylic acids is 5. The summed E-state index contributed by atoms with van der Waals surface area (Å²) in [7, 11) is 1.47. The molecule has 2 saturated heterocycles. The minimum absolute atomic E-state index is 0. The number of piperazine rings is 2. The quantitative estimate of drug-likeness (QED) is 0.0470. The highest BCUT2D eigenvalue weighted by atomic mass is 19.4. The number of hydrogen-bond acceptors (Lipinski definition) is 11. The average Bonchev–Trinajstić information content (AvgIpc) is 3.44. The van der Waals surface area contributed by atoms with Crippen LogP contribution in [0.2, 0.25) is 0 Å². The van der Waals surface area contributed by atoms with Crippen molar-refractivity contribution in [3.8, 4) is 0 Å². The molecule has 0 aliphatic carbocycles. The van der Waals surface area contributed by atoms with Crippen LogP contribution in [0.25, 0.3) is 0 Å². The van der Waals surface area contributed by atoms with Crippen molar-refractivity contribution in [2.24, 2.45) is 11.5 Å². The van der Waals surface area contributed by atoms with Crippen LogP contribution >= 0.6 is 0 Å². The first-order valence-corrected chi connectivity index (χ1v) is 24.9. The zero-order valence-corrected chi connectivity index (χ0v) is 42.0. The highest BCUT2D eigenvalue weighted by Gasteiger charge is 2.36. The molecule has 2 aromatic heterocycles. The first-order chi connectivity index (χ1) is 36.8. The summed E-state index contributed by atoms with van der Waals surface area (Å²) in [5.41, 5.74) is 14.1. The summed E-state index contributed by atoms with van der Waals surface area (Å²) in [5.74, 6) is -0.700. The molecular weight excluding hydrogens is 1030 g/mol. The fourth-order valence-electron chi connectivity index (χ4n) is 9.06. The molecule has 15 nitrogen and oxygen atoms in total. The number of rotatable bonds is 18. The van der Waals surface area contributed by atoms with E-state index in [9.17, 15) is 50.3 Å². The van der Waals surface area contributed by atoms with E-state index < -0.39 is 35.3 Å². The lowest BCUT2D eigenvalue weighted by molar-refractivity contribution is -0.139. The Hall–Kier alpha value is -7.85. The summed E-state index contributed by atoms with van der Waals surface area (Å²) in [6.07, 6.45) is -5.84. The predicted octanol–water partition coefficient (Wildman–Crippen LogP) is 6.68. The van der Waals surface area contributed by atoms with Crippen LogP contribution in [0.1, 0.15) is 103 Å². The van der Waals surface area contributed by atoms with Crippen LogP contribution in [0.5, 0.6) is 0 Å². The Balaban J connectivity index is 0.000000284. The van der Waals surface area contributed by atoms with Gasteiger partial charge in [0, 0.05) is 88.7 Å². The van der Waals surface area contributed by atoms with Gasteiger partial charge in [0.2, 0.25) is 11.8 Å². The maximum absolute atomic E-state index is 13.7. The zero-order chi connectivity index (χ0) is 55.1. The largest absolute Gasteiger partial charge is 0.419 e. The van der Waals surface area contributed by atoms with Gasteiger partial charge in [0.15, 0.2) is 0 Å². The van der Waals surface area contributed by atoms with Gasteiger partial charge in [-0.25, -0.2) is 19.9 Å². The van der Waals surface area contributed by atoms with Gasteiger partial charge < -0.3 is 36.2 Å². The second-order valence-electron chi connectivity index (χ2n) is 18.5. The van der Waals surface area contributed by atoms with E-state index in [1.54, 1.807) is 107 Å². The molecule has 8 rings (SSSR count). The van der Waals surface area contributed by atoms with Gasteiger partial charge in [-0.05, 0) is 83.3 Å². The Kier molecular flexibility index (Phi) is 22.5. The van der Waals surface area contributed by atoms with Crippen LogP contribution in [-0.4, -0.2) is 124 Å². The van der Waals surface area contributed by atoms with Gasteiger partial charge >= 0.3 is 12.4 Å². The van der Waals surface area contributed by atoms with Crippen LogP contribution in [0, 0.1) is 0 Å². The predicted molar refractivity (Wildman–Crippen MR) is 288 cm³/mol. The summed E-state index contributed by atoms with van der Waals surface area (Å²) in [5, 5.41) is 3.21. The molecule has 5 N–H and O–H groups in total. The van der Waals surface area contributed by atoms with Crippen molar-refractivity contribution in [3.05, 3.63) is 188 Å². The number of nitrogens with two attached hydrogens (primary N) is 2. The molecule has 4 heterocycles. The first-order valence-electron chi connectivity index (χ1n) is 24.9. The maximum atomic E-state index is 13.7. The van der Waals surface area contributed by atoms with E-state index in [0.717, 1.165) is 53.9 Å². The molecule has 2 aliphatic rings. The fourth-order valence-corrected chi connectivity index (χ4v) is 9.06. The van der Waals surface area contributed by atoms with Crippen LogP contribution in [0.4, 0.5) is 26.3 Å². The molecule has 417 valence electrons. The second-order valence-corrected chi connectivity index (χ2v) is 18.5. The number of halogens is 6. The molecule has 4 aromatic carbocycles. The third-order valence-electron chi connectivity index (χ3n) is 13.1. The number of aryl methyl sites for hydroxylation is 4. The summed E-state index contributed by atoms with van der Waals surface area (Å²) in [6, 6.07) is 27.9. The van der Waals surface area contributed by atoms with E-state index in [1.807, 2.05) is 4.81 Å². The smallest absolute Gasteiger partial charge is 0.369 e. The minimum Gasteiger partial charge on any atom is -0.369 e. The number of primary amides is 2. The van der Waals surface area contributed by atoms with Gasteiger partial charge in [-0.1, -0.05) is 87.6 Å². The van der Waals surface area contributed by atoms with Crippen molar-refractivity contribution >= 4 is 37.2 Å². The molecular formula is C57H64BF6N10O5. The highest BCUT2D eigenvalue weighted by molar-refractivity contribution is 6.64. The minimum atomic E-state index is -4.61. The van der Waals surface area contributed by atoms with Gasteiger partial charge in [0.1, 0.15) is 11.6 Å². The molecule has 2 aliphatic heterocycles. The molecule has 0 unspecified atom stereocenters. The highest BCUT2D eigenvalue weighted by Crippen LogP contribution is 2.33. The number of benzene rings is 4. The molecule has 0 saturated carbocycles. The average molecular weight is 1090 g/mol. The first kappa shape index (κ1) is 62.0. The van der Waals surface area contributed by atoms with E-state index in [4.69, 9.17) is 11.5 Å². The number of nitrogens with one attached hydrogen (secondary N) is 1. The van der Waals surface area contributed by atoms with Gasteiger partial charge in [0.05, 0.1) is 41.5 Å². The van der Waals surface area contributed by atoms with Gasteiger partial charge in [-0.2, -0.15) is 26.3 Å². The Bertz CT molecular complexity index is 3020. The lowest BCUT2D eigenvalue weighted by Crippen LogP contribution is -2.50. The molecule has 0 atom stereocenters. The number of nitrogens with zero attached hydrogens (tertiary/aromatic N) is 7. The molecule has 0 bridgehead atoms. The molecule has 79 heavy (non-hydrogen) atoms. The number of aromatic nitrogens is 4. The molecule has 1 radical (unpaired) electrons. The van der Waals surface area contributed by atoms with Crippen LogP contribution in [0.3, 0.4) is 0 Å². The molecule has 6 aromatic rings. The summed E-state index contributed by atoms with van der Waals surface area (Å²) in [6.45, 7) is 4.97. The lowest BCUT2D eigenvalue weighted by atomic mass is 9.93. The Labute approximate surface area is 456 Å². The number of amides is 4. The fraction of sp³-hybridized carbons (Fsp3) is 0.351. The summed E-state index contributed by atoms with van der Waals surface area (Å²) < 4.78 is 82.2. The monoisotopic (exact) mass is 1090 g/mol. The Morgan fingerprint density at radius 1 is 0.544 bits per heavy atom. The van der Waals surface area contributed by atoms with Gasteiger partial charge in [-0.15, -0.1) is 0 Å². The Morgan fingerprint density at radius 2 is 0.924 bits per heavy atom. The summed E-state index contributed by atoms with van der Waals surface area (Å²) >= 11 is 0. The standard InChI is InChI=1S/C28H28BF3N5O3.C27H28F3N5O2.2CH4/c30-28(31,32)23-17-34-26(35-24(23)10-9-20-3-1-2-4-22(20)16-25(33)39)15-19-5-7-21(8-6-19)27(40)36-11-13-37(14-12-36)29-18-38;28-27(29,30)22-17-33-25(34-23(22)10-9-19-3-1-2-4-21(19)16-24(31)36)15-18-5-7-20(8-6-18)26(37)35-13-11-32-12-14-35;;/h1-8,17-18H,9-16H2,(H2,33,39);1-8,17,32H,9-16H2,(H2,31,36);2*1H4. The topological polar surface area (TPSA) is 211 Å². The third kappa shape index (κ3) is 17.8. The third-order valence-corrected chi connectivity index (χ3v) is 13.1. The van der Waals surface area contributed by atoms with Crippen LogP contribution < -0.4 is 16.8 Å². The maximum Gasteiger partial charge on any atom is 0.419 e. The number of hydrogen-bond donors (Lipinski definition) is 3. The van der Waals surface area contributed by atoms with E-state index >= 15 is 0 Å². The number of alkyl halides is 6. The Morgan fingerprint density at radius 3 is 1.29 bits per heavy atom. The zero-order valence-electron chi connectivity index (χ0n) is 42.0. The van der Waals surface area contributed by atoms with E-state index in [2.05, 4.69) is 25.3 Å². The number of carbonyl (C=O) groups is 5. The van der Waals surface area contributed by atoms with E-state index in [0.29, 0.717) is 61.5 Å². The van der Waals surface area contributed by atoms with E-state index in [1.165, 1.54) is 7.41 Å².